The highest BCUT2D eigenvalue weighted by atomic mass is 16.2. The van der Waals surface area contributed by atoms with Gasteiger partial charge in [-0.2, -0.15) is 0 Å². The van der Waals surface area contributed by atoms with Crippen molar-refractivity contribution in [3.8, 4) is 0 Å². The lowest BCUT2D eigenvalue weighted by molar-refractivity contribution is -0.142. The number of aryl methyl sites for hydroxylation is 1. The molecule has 20 heavy (non-hydrogen) atoms. The molecule has 0 bridgehead atoms. The van der Waals surface area contributed by atoms with E-state index in [-0.39, 0.29) is 18.4 Å². The first kappa shape index (κ1) is 14.5. The van der Waals surface area contributed by atoms with Crippen molar-refractivity contribution in [2.75, 3.05) is 25.0 Å². The van der Waals surface area contributed by atoms with Crippen molar-refractivity contribution in [2.24, 2.45) is 0 Å². The maximum absolute atomic E-state index is 12.2. The average molecular weight is 275 g/mol. The van der Waals surface area contributed by atoms with E-state index in [2.05, 4.69) is 10.6 Å². The third kappa shape index (κ3) is 3.36. The minimum absolute atomic E-state index is 0.0388. The van der Waals surface area contributed by atoms with Crippen molar-refractivity contribution in [2.45, 2.75) is 26.3 Å². The number of benzene rings is 1. The van der Waals surface area contributed by atoms with Gasteiger partial charge in [-0.05, 0) is 38.5 Å². The number of hydrogen-bond donors (Lipinski definition) is 2. The molecule has 0 aromatic heterocycles. The van der Waals surface area contributed by atoms with E-state index in [4.69, 9.17) is 0 Å². The van der Waals surface area contributed by atoms with E-state index in [0.717, 1.165) is 11.3 Å². The molecule has 1 heterocycles. The standard InChI is InChI=1S/C15H21N3O2/c1-11-5-4-6-12(9-11)17-13(19)10-18-8-7-16-15(2,3)14(18)20/h4-6,9,16H,7-8,10H2,1-3H3,(H,17,19). The average Bonchev–Trinajstić information content (AvgIpc) is 2.35. The molecule has 5 heteroatoms. The van der Waals surface area contributed by atoms with Crippen LogP contribution in [0, 0.1) is 6.92 Å². The Morgan fingerprint density at radius 2 is 2.20 bits per heavy atom. The smallest absolute Gasteiger partial charge is 0.243 e. The van der Waals surface area contributed by atoms with E-state index in [1.54, 1.807) is 4.90 Å². The molecule has 2 rings (SSSR count). The first-order valence-corrected chi connectivity index (χ1v) is 6.79. The Kier molecular flexibility index (Phi) is 4.09. The molecule has 1 aromatic carbocycles. The molecule has 1 fully saturated rings. The number of carbonyl (C=O) groups excluding carboxylic acids is 2. The number of nitrogens with zero attached hydrogens (tertiary/aromatic N) is 1. The third-order valence-electron chi connectivity index (χ3n) is 3.41. The van der Waals surface area contributed by atoms with Crippen molar-refractivity contribution in [1.82, 2.24) is 10.2 Å². The Labute approximate surface area is 119 Å². The summed E-state index contributed by atoms with van der Waals surface area (Å²) < 4.78 is 0. The topological polar surface area (TPSA) is 61.4 Å². The van der Waals surface area contributed by atoms with Crippen molar-refractivity contribution in [3.05, 3.63) is 29.8 Å². The van der Waals surface area contributed by atoms with Crippen molar-refractivity contribution in [1.29, 1.82) is 0 Å². The van der Waals surface area contributed by atoms with Crippen molar-refractivity contribution < 1.29 is 9.59 Å². The molecular weight excluding hydrogens is 254 g/mol. The zero-order valence-corrected chi connectivity index (χ0v) is 12.2. The van der Waals surface area contributed by atoms with Crippen LogP contribution in [0.3, 0.4) is 0 Å². The highest BCUT2D eigenvalue weighted by molar-refractivity contribution is 5.96. The van der Waals surface area contributed by atoms with Gasteiger partial charge in [0.2, 0.25) is 11.8 Å². The molecule has 1 aliphatic heterocycles. The summed E-state index contributed by atoms with van der Waals surface area (Å²) in [5.74, 6) is -0.204. The van der Waals surface area contributed by atoms with Crippen LogP contribution in [0.1, 0.15) is 19.4 Å². The van der Waals surface area contributed by atoms with Crippen LogP contribution in [0.25, 0.3) is 0 Å². The molecule has 0 spiro atoms. The second-order valence-corrected chi connectivity index (χ2v) is 5.70. The number of amides is 2. The van der Waals surface area contributed by atoms with Crippen LogP contribution in [-0.2, 0) is 9.59 Å². The Morgan fingerprint density at radius 1 is 1.45 bits per heavy atom. The number of piperazine rings is 1. The maximum Gasteiger partial charge on any atom is 0.243 e. The molecule has 1 saturated heterocycles. The van der Waals surface area contributed by atoms with Crippen LogP contribution < -0.4 is 10.6 Å². The van der Waals surface area contributed by atoms with Gasteiger partial charge in [-0.3, -0.25) is 9.59 Å². The van der Waals surface area contributed by atoms with E-state index >= 15 is 0 Å². The van der Waals surface area contributed by atoms with Gasteiger partial charge in [0.1, 0.15) is 0 Å². The summed E-state index contributed by atoms with van der Waals surface area (Å²) in [4.78, 5) is 25.8. The zero-order valence-electron chi connectivity index (χ0n) is 12.2. The summed E-state index contributed by atoms with van der Waals surface area (Å²) >= 11 is 0. The second kappa shape index (κ2) is 5.63. The molecule has 0 aliphatic carbocycles. The molecule has 0 unspecified atom stereocenters. The number of nitrogens with one attached hydrogen (secondary N) is 2. The third-order valence-corrected chi connectivity index (χ3v) is 3.41. The molecule has 5 nitrogen and oxygen atoms in total. The lowest BCUT2D eigenvalue weighted by atomic mass is 10.0. The lowest BCUT2D eigenvalue weighted by Crippen LogP contribution is -2.62. The highest BCUT2D eigenvalue weighted by Crippen LogP contribution is 2.13. The maximum atomic E-state index is 12.2. The number of carbonyl (C=O) groups is 2. The van der Waals surface area contributed by atoms with Gasteiger partial charge in [-0.1, -0.05) is 12.1 Å². The summed E-state index contributed by atoms with van der Waals surface area (Å²) in [6.45, 7) is 7.00. The first-order valence-electron chi connectivity index (χ1n) is 6.79. The Morgan fingerprint density at radius 3 is 2.90 bits per heavy atom. The van der Waals surface area contributed by atoms with Gasteiger partial charge in [0.25, 0.3) is 0 Å². The van der Waals surface area contributed by atoms with E-state index < -0.39 is 5.54 Å². The largest absolute Gasteiger partial charge is 0.331 e. The molecule has 0 saturated carbocycles. The molecular formula is C15H21N3O2. The fourth-order valence-corrected chi connectivity index (χ4v) is 2.32. The molecule has 2 amide bonds. The van der Waals surface area contributed by atoms with Gasteiger partial charge in [0, 0.05) is 18.8 Å². The van der Waals surface area contributed by atoms with E-state index in [0.29, 0.717) is 13.1 Å². The summed E-state index contributed by atoms with van der Waals surface area (Å²) in [6.07, 6.45) is 0. The van der Waals surface area contributed by atoms with Gasteiger partial charge in [-0.15, -0.1) is 0 Å². The predicted octanol–water partition coefficient (Wildman–Crippen LogP) is 1.14. The summed E-state index contributed by atoms with van der Waals surface area (Å²) in [6, 6.07) is 7.61. The lowest BCUT2D eigenvalue weighted by Gasteiger charge is -2.37. The molecule has 0 radical (unpaired) electrons. The Balaban J connectivity index is 1.96. The van der Waals surface area contributed by atoms with Gasteiger partial charge in [0.05, 0.1) is 12.1 Å². The number of anilines is 1. The van der Waals surface area contributed by atoms with E-state index in [1.165, 1.54) is 0 Å². The molecule has 2 N–H and O–H groups in total. The fraction of sp³-hybridized carbons (Fsp3) is 0.467. The molecule has 0 atom stereocenters. The van der Waals surface area contributed by atoms with Crippen LogP contribution in [0.4, 0.5) is 5.69 Å². The quantitative estimate of drug-likeness (QED) is 0.869. The van der Waals surface area contributed by atoms with Gasteiger partial charge >= 0.3 is 0 Å². The van der Waals surface area contributed by atoms with Crippen LogP contribution in [0.2, 0.25) is 0 Å². The molecule has 1 aromatic rings. The number of hydrogen-bond acceptors (Lipinski definition) is 3. The summed E-state index contributed by atoms with van der Waals surface area (Å²) in [5, 5.41) is 5.97. The predicted molar refractivity (Wildman–Crippen MR) is 78.5 cm³/mol. The molecule has 108 valence electrons. The van der Waals surface area contributed by atoms with E-state index in [1.807, 2.05) is 45.0 Å². The minimum Gasteiger partial charge on any atom is -0.331 e. The zero-order chi connectivity index (χ0) is 14.8. The van der Waals surface area contributed by atoms with Crippen LogP contribution in [0.15, 0.2) is 24.3 Å². The van der Waals surface area contributed by atoms with Crippen molar-refractivity contribution >= 4 is 17.5 Å². The van der Waals surface area contributed by atoms with E-state index in [9.17, 15) is 9.59 Å². The SMILES string of the molecule is Cc1cccc(NC(=O)CN2CCNC(C)(C)C2=O)c1. The normalized spacial score (nSPS) is 17.9. The fourth-order valence-electron chi connectivity index (χ4n) is 2.32. The van der Waals surface area contributed by atoms with Crippen LogP contribution >= 0.6 is 0 Å². The van der Waals surface area contributed by atoms with Crippen molar-refractivity contribution in [3.63, 3.8) is 0 Å². The summed E-state index contributed by atoms with van der Waals surface area (Å²) in [7, 11) is 0. The summed E-state index contributed by atoms with van der Waals surface area (Å²) in [5.41, 5.74) is 1.25. The minimum atomic E-state index is -0.595. The van der Waals surface area contributed by atoms with Gasteiger partial charge in [-0.25, -0.2) is 0 Å². The first-order chi connectivity index (χ1) is 9.38. The highest BCUT2D eigenvalue weighted by Gasteiger charge is 2.35. The monoisotopic (exact) mass is 275 g/mol. The van der Waals surface area contributed by atoms with Gasteiger partial charge < -0.3 is 15.5 Å². The van der Waals surface area contributed by atoms with Gasteiger partial charge in [0.15, 0.2) is 0 Å². The molecule has 1 aliphatic rings. The van der Waals surface area contributed by atoms with Crippen LogP contribution in [-0.4, -0.2) is 41.9 Å². The van der Waals surface area contributed by atoms with Crippen LogP contribution in [0.5, 0.6) is 0 Å². The Bertz CT molecular complexity index is 526. The second-order valence-electron chi connectivity index (χ2n) is 5.70. The number of rotatable bonds is 3. The Hall–Kier alpha value is -1.88.